The lowest BCUT2D eigenvalue weighted by atomic mass is 9.90. The highest BCUT2D eigenvalue weighted by molar-refractivity contribution is 5.95. The van der Waals surface area contributed by atoms with Gasteiger partial charge in [0.2, 0.25) is 0 Å². The van der Waals surface area contributed by atoms with E-state index >= 15 is 8.78 Å². The fourth-order valence-electron chi connectivity index (χ4n) is 6.45. The first kappa shape index (κ1) is 49.9. The minimum atomic E-state index is -2.31. The van der Waals surface area contributed by atoms with Crippen molar-refractivity contribution in [3.63, 3.8) is 0 Å². The molecule has 0 aliphatic carbocycles. The SMILES string of the molecule is CC(C)[C@@H](C(=O)OCCOC(=O)[C@H](C(C)C)N(C)C(=O)C1(F)CCN(C(=O)C#CC(C)(C)N(C)C)CC1)N(C)C(=O)C1(F)CCN(C(=O)C#CC(C)(C)N(C)C)CC1. The average Bonchev–Trinajstić information content (AvgIpc) is 3.14. The van der Waals surface area contributed by atoms with Gasteiger partial charge in [0.1, 0.15) is 25.3 Å². The molecule has 2 aliphatic heterocycles. The Balaban J connectivity index is 1.97. The molecule has 2 aliphatic rings. The van der Waals surface area contributed by atoms with E-state index in [0.29, 0.717) is 0 Å². The maximum absolute atomic E-state index is 16.1. The van der Waals surface area contributed by atoms with E-state index in [9.17, 15) is 28.8 Å². The number of ether oxygens (including phenoxy) is 2. The van der Waals surface area contributed by atoms with Gasteiger partial charge in [-0.15, -0.1) is 0 Å². The maximum atomic E-state index is 16.1. The molecule has 0 aromatic rings. The normalized spacial score (nSPS) is 17.7. The first-order valence-electron chi connectivity index (χ1n) is 19.9. The number of halogens is 2. The summed E-state index contributed by atoms with van der Waals surface area (Å²) >= 11 is 0. The second-order valence-electron chi connectivity index (χ2n) is 17.5. The zero-order chi connectivity index (χ0) is 44.6. The molecule has 0 aromatic heterocycles. The van der Waals surface area contributed by atoms with Gasteiger partial charge in [-0.3, -0.25) is 29.0 Å². The Kier molecular flexibility index (Phi) is 17.3. The number of carbonyl (C=O) groups is 6. The van der Waals surface area contributed by atoms with E-state index < -0.39 is 95.1 Å². The number of carbonyl (C=O) groups excluding carboxylic acids is 6. The van der Waals surface area contributed by atoms with Crippen molar-refractivity contribution in [2.75, 3.05) is 81.7 Å². The number of amides is 4. The van der Waals surface area contributed by atoms with Gasteiger partial charge in [0.25, 0.3) is 23.6 Å². The number of likely N-dealkylation sites (N-methyl/N-ethyl adjacent to an activating group) is 2. The largest absolute Gasteiger partial charge is 0.461 e. The van der Waals surface area contributed by atoms with Crippen LogP contribution in [0.15, 0.2) is 0 Å². The number of alkyl halides is 2. The van der Waals surface area contributed by atoms with Crippen molar-refractivity contribution in [2.45, 2.75) is 116 Å². The number of nitrogens with zero attached hydrogens (tertiary/aromatic N) is 6. The number of hydrogen-bond donors (Lipinski definition) is 0. The number of piperidine rings is 2. The predicted octanol–water partition coefficient (Wildman–Crippen LogP) is 2.39. The predicted molar refractivity (Wildman–Crippen MR) is 215 cm³/mol. The summed E-state index contributed by atoms with van der Waals surface area (Å²) in [6.45, 7) is 13.3. The van der Waals surface area contributed by atoms with Gasteiger partial charge in [-0.05, 0) is 79.6 Å². The van der Waals surface area contributed by atoms with Crippen molar-refractivity contribution in [1.29, 1.82) is 0 Å². The van der Waals surface area contributed by atoms with Crippen LogP contribution in [0.2, 0.25) is 0 Å². The molecule has 0 saturated carbocycles. The standard InChI is InChI=1S/C42H66F2N6O8/c1-29(2)33(47(13)37(55)41(43)19-23-49(24-20-41)31(51)15-17-39(5,6)45(9)10)35(53)57-27-28-58-36(54)34(30(3)4)48(14)38(56)42(44)21-25-50(26-22-42)32(52)16-18-40(7,8)46(11)12/h29-30,33-34H,19-28H2,1-14H3/t33-,34-/m0/s1. The molecule has 2 saturated heterocycles. The minimum absolute atomic E-state index is 0.0237. The zero-order valence-electron chi connectivity index (χ0n) is 37.1. The molecular weight excluding hydrogens is 754 g/mol. The molecule has 4 amide bonds. The Bertz CT molecular complexity index is 1520. The van der Waals surface area contributed by atoms with Crippen LogP contribution in [0, 0.1) is 35.5 Å². The third-order valence-corrected chi connectivity index (χ3v) is 11.4. The maximum Gasteiger partial charge on any atom is 0.329 e. The topological polar surface area (TPSA) is 140 Å². The monoisotopic (exact) mass is 820 g/mol. The molecule has 0 unspecified atom stereocenters. The van der Waals surface area contributed by atoms with Crippen molar-refractivity contribution in [1.82, 2.24) is 29.4 Å². The molecule has 0 spiro atoms. The molecule has 16 heteroatoms. The second kappa shape index (κ2) is 20.1. The molecule has 0 radical (unpaired) electrons. The Morgan fingerprint density at radius 3 is 1.10 bits per heavy atom. The van der Waals surface area contributed by atoms with E-state index in [2.05, 4.69) is 23.7 Å². The Hall–Kier alpha value is -4.28. The number of hydrogen-bond acceptors (Lipinski definition) is 10. The Morgan fingerprint density at radius 2 is 0.862 bits per heavy atom. The summed E-state index contributed by atoms with van der Waals surface area (Å²) in [7, 11) is 10.0. The summed E-state index contributed by atoms with van der Waals surface area (Å²) in [5, 5.41) is 0. The summed E-state index contributed by atoms with van der Waals surface area (Å²) in [5.74, 6) is 5.74. The van der Waals surface area contributed by atoms with Gasteiger partial charge < -0.3 is 29.1 Å². The van der Waals surface area contributed by atoms with E-state index in [0.717, 1.165) is 9.80 Å². The van der Waals surface area contributed by atoms with Crippen LogP contribution in [-0.2, 0) is 38.2 Å². The van der Waals surface area contributed by atoms with E-state index in [4.69, 9.17) is 9.47 Å². The summed E-state index contributed by atoms with van der Waals surface area (Å²) in [6.07, 6.45) is -1.07. The van der Waals surface area contributed by atoms with Crippen molar-refractivity contribution in [2.24, 2.45) is 11.8 Å². The molecular formula is C42H66F2N6O8. The lowest BCUT2D eigenvalue weighted by Crippen LogP contribution is -2.57. The van der Waals surface area contributed by atoms with Gasteiger partial charge >= 0.3 is 11.9 Å². The van der Waals surface area contributed by atoms with Gasteiger partial charge in [0.05, 0.1) is 11.1 Å². The van der Waals surface area contributed by atoms with Gasteiger partial charge in [0, 0.05) is 66.0 Å². The van der Waals surface area contributed by atoms with Crippen LogP contribution in [0.5, 0.6) is 0 Å². The van der Waals surface area contributed by atoms with Crippen molar-refractivity contribution < 1.29 is 47.0 Å². The van der Waals surface area contributed by atoms with Gasteiger partial charge in [-0.2, -0.15) is 0 Å². The molecule has 2 heterocycles. The average molecular weight is 821 g/mol. The molecule has 2 atom stereocenters. The Labute approximate surface area is 344 Å². The first-order valence-corrected chi connectivity index (χ1v) is 19.9. The second-order valence-corrected chi connectivity index (χ2v) is 17.5. The molecule has 2 rings (SSSR count). The van der Waals surface area contributed by atoms with Gasteiger partial charge in [-0.25, -0.2) is 18.4 Å². The minimum Gasteiger partial charge on any atom is -0.461 e. The molecule has 326 valence electrons. The van der Waals surface area contributed by atoms with Crippen LogP contribution in [0.3, 0.4) is 0 Å². The summed E-state index contributed by atoms with van der Waals surface area (Å²) in [4.78, 5) is 87.5. The highest BCUT2D eigenvalue weighted by Gasteiger charge is 2.48. The summed E-state index contributed by atoms with van der Waals surface area (Å²) < 4.78 is 43.0. The van der Waals surface area contributed by atoms with E-state index in [1.165, 1.54) is 23.9 Å². The Morgan fingerprint density at radius 1 is 0.586 bits per heavy atom. The van der Waals surface area contributed by atoms with Crippen LogP contribution in [0.4, 0.5) is 8.78 Å². The van der Waals surface area contributed by atoms with Crippen molar-refractivity contribution in [3.8, 4) is 23.7 Å². The van der Waals surface area contributed by atoms with Gasteiger partial charge in [-0.1, -0.05) is 39.5 Å². The number of likely N-dealkylation sites (tertiary alicyclic amines) is 2. The van der Waals surface area contributed by atoms with Crippen LogP contribution in [0.25, 0.3) is 0 Å². The molecule has 58 heavy (non-hydrogen) atoms. The lowest BCUT2D eigenvalue weighted by molar-refractivity contribution is -0.167. The van der Waals surface area contributed by atoms with Crippen LogP contribution in [-0.4, -0.2) is 181 Å². The fraction of sp³-hybridized carbons (Fsp3) is 0.762. The lowest BCUT2D eigenvalue weighted by Gasteiger charge is -2.39. The third kappa shape index (κ3) is 12.6. The van der Waals surface area contributed by atoms with Crippen LogP contribution >= 0.6 is 0 Å². The smallest absolute Gasteiger partial charge is 0.329 e. The molecule has 0 bridgehead atoms. The van der Waals surface area contributed by atoms with E-state index in [-0.39, 0.29) is 51.9 Å². The number of esters is 2. The molecule has 14 nitrogen and oxygen atoms in total. The quantitative estimate of drug-likeness (QED) is 0.155. The van der Waals surface area contributed by atoms with E-state index in [1.807, 2.05) is 65.7 Å². The van der Waals surface area contributed by atoms with Crippen molar-refractivity contribution >= 4 is 35.6 Å². The first-order chi connectivity index (χ1) is 26.6. The summed E-state index contributed by atoms with van der Waals surface area (Å²) in [5.41, 5.74) is -5.72. The van der Waals surface area contributed by atoms with Gasteiger partial charge in [0.15, 0.2) is 11.3 Å². The highest BCUT2D eigenvalue weighted by atomic mass is 19.1. The fourth-order valence-corrected chi connectivity index (χ4v) is 6.45. The zero-order valence-corrected chi connectivity index (χ0v) is 37.1. The number of rotatable bonds is 13. The van der Waals surface area contributed by atoms with E-state index in [1.54, 1.807) is 27.7 Å². The van der Waals surface area contributed by atoms with Crippen LogP contribution in [0.1, 0.15) is 81.1 Å². The molecule has 0 aromatic carbocycles. The highest BCUT2D eigenvalue weighted by Crippen LogP contribution is 2.32. The molecule has 0 N–H and O–H groups in total. The third-order valence-electron chi connectivity index (χ3n) is 11.4. The van der Waals surface area contributed by atoms with Crippen molar-refractivity contribution in [3.05, 3.63) is 0 Å². The molecule has 2 fully saturated rings. The van der Waals surface area contributed by atoms with Crippen LogP contribution < -0.4 is 0 Å². The summed E-state index contributed by atoms with van der Waals surface area (Å²) in [6, 6.07) is -2.33.